The maximum Gasteiger partial charge on any atom is 0.240 e. The molecule has 7 nitrogen and oxygen atoms in total. The van der Waals surface area contributed by atoms with Crippen molar-refractivity contribution in [2.75, 3.05) is 32.7 Å². The second-order valence-electron chi connectivity index (χ2n) is 12.4. The van der Waals surface area contributed by atoms with E-state index in [9.17, 15) is 9.59 Å². The molecule has 244 valence electrons. The quantitative estimate of drug-likeness (QED) is 0.193. The van der Waals surface area contributed by atoms with E-state index >= 15 is 0 Å². The fourth-order valence-corrected chi connectivity index (χ4v) is 6.59. The average molecular weight is 688 g/mol. The number of rotatable bonds is 15. The molecule has 1 saturated heterocycles. The number of carbonyl (C=O) groups excluding carboxylic acids is 2. The van der Waals surface area contributed by atoms with Crippen LogP contribution in [-0.4, -0.2) is 72.5 Å². The van der Waals surface area contributed by atoms with Crippen LogP contribution >= 0.6 is 46.4 Å². The molecule has 0 aliphatic carbocycles. The number of nitrogens with one attached hydrogen (secondary N) is 1. The van der Waals surface area contributed by atoms with E-state index in [0.29, 0.717) is 58.5 Å². The molecule has 0 spiro atoms. The molecule has 5 N–H and O–H groups in total. The van der Waals surface area contributed by atoms with Crippen LogP contribution in [0, 0.1) is 11.8 Å². The first kappa shape index (κ1) is 36.9. The lowest BCUT2D eigenvalue weighted by atomic mass is 9.92. The van der Waals surface area contributed by atoms with Crippen molar-refractivity contribution in [3.63, 3.8) is 0 Å². The van der Waals surface area contributed by atoms with Crippen molar-refractivity contribution in [1.82, 2.24) is 15.1 Å². The number of benzene rings is 2. The normalized spacial score (nSPS) is 18.5. The summed E-state index contributed by atoms with van der Waals surface area (Å²) in [6.07, 6.45) is 4.33. The van der Waals surface area contributed by atoms with Gasteiger partial charge in [0.25, 0.3) is 0 Å². The molecule has 0 aromatic heterocycles. The molecule has 1 aliphatic heterocycles. The molecule has 1 fully saturated rings. The van der Waals surface area contributed by atoms with Gasteiger partial charge in [-0.15, -0.1) is 0 Å². The van der Waals surface area contributed by atoms with Gasteiger partial charge >= 0.3 is 0 Å². The molecular weight excluding hydrogens is 640 g/mol. The molecule has 44 heavy (non-hydrogen) atoms. The predicted molar refractivity (Wildman–Crippen MR) is 184 cm³/mol. The zero-order valence-corrected chi connectivity index (χ0v) is 29.0. The summed E-state index contributed by atoms with van der Waals surface area (Å²) in [5.41, 5.74) is 14.0. The van der Waals surface area contributed by atoms with Crippen molar-refractivity contribution >= 4 is 58.2 Å². The predicted octanol–water partition coefficient (Wildman–Crippen LogP) is 6.22. The molecule has 0 unspecified atom stereocenters. The molecule has 2 aromatic rings. The molecule has 3 rings (SSSR count). The lowest BCUT2D eigenvalue weighted by Crippen LogP contribution is -2.64. The molecule has 2 aromatic carbocycles. The molecule has 4 atom stereocenters. The topological polar surface area (TPSA) is 105 Å². The van der Waals surface area contributed by atoms with E-state index in [0.717, 1.165) is 49.9 Å². The van der Waals surface area contributed by atoms with E-state index in [1.165, 1.54) is 0 Å². The summed E-state index contributed by atoms with van der Waals surface area (Å²) in [5.74, 6) is 0.0488. The summed E-state index contributed by atoms with van der Waals surface area (Å²) >= 11 is 24.7. The Morgan fingerprint density at radius 2 is 1.39 bits per heavy atom. The number of piperazine rings is 1. The molecule has 1 heterocycles. The van der Waals surface area contributed by atoms with Gasteiger partial charge in [-0.2, -0.15) is 0 Å². The Morgan fingerprint density at radius 1 is 0.818 bits per heavy atom. The number of hydrogen-bond acceptors (Lipinski definition) is 5. The van der Waals surface area contributed by atoms with Crippen LogP contribution in [0.2, 0.25) is 20.1 Å². The van der Waals surface area contributed by atoms with Crippen LogP contribution in [0.1, 0.15) is 57.6 Å². The van der Waals surface area contributed by atoms with Crippen LogP contribution in [0.3, 0.4) is 0 Å². The van der Waals surface area contributed by atoms with Crippen molar-refractivity contribution in [3.8, 4) is 0 Å². The number of hydrogen-bond donors (Lipinski definition) is 3. The number of amides is 2. The third-order valence-corrected chi connectivity index (χ3v) is 9.65. The fraction of sp³-hybridized carbons (Fsp3) is 0.576. The first-order valence-corrected chi connectivity index (χ1v) is 17.1. The van der Waals surface area contributed by atoms with Gasteiger partial charge in [-0.05, 0) is 80.0 Å². The van der Waals surface area contributed by atoms with Gasteiger partial charge in [0.05, 0.1) is 26.1 Å². The highest BCUT2D eigenvalue weighted by molar-refractivity contribution is 6.42. The number of halogens is 4. The molecule has 2 amide bonds. The highest BCUT2D eigenvalue weighted by atomic mass is 35.5. The van der Waals surface area contributed by atoms with Crippen molar-refractivity contribution < 1.29 is 9.59 Å². The summed E-state index contributed by atoms with van der Waals surface area (Å²) in [6, 6.07) is 9.85. The van der Waals surface area contributed by atoms with Crippen LogP contribution < -0.4 is 16.8 Å². The Bertz CT molecular complexity index is 1250. The summed E-state index contributed by atoms with van der Waals surface area (Å²) < 4.78 is 0. The highest BCUT2D eigenvalue weighted by Gasteiger charge is 2.40. The van der Waals surface area contributed by atoms with Gasteiger partial charge in [-0.25, -0.2) is 0 Å². The second kappa shape index (κ2) is 17.9. The van der Waals surface area contributed by atoms with E-state index in [1.54, 1.807) is 18.2 Å². The maximum atomic E-state index is 14.1. The number of unbranched alkanes of at least 4 members (excludes halogenated alkanes) is 1. The summed E-state index contributed by atoms with van der Waals surface area (Å²) in [6.45, 7) is 9.39. The van der Waals surface area contributed by atoms with Crippen LogP contribution in [0.25, 0.3) is 0 Å². The molecule has 0 radical (unpaired) electrons. The standard InChI is InChI=1S/C33H47Cl4N5O2/c1-21(2)14-26-20-41(32(43)22(3)15-23-7-9-27(34)29(36)16-23)25(6-4-5-12-40-13-11-38)19-42(26)33(44)31(39)18-24-8-10-28(35)30(37)17-24/h7-10,16-17,21-22,25-26,31,40H,4-6,11-15,18-20,38-39H2,1-3H3/t22-,25+,26-,31-/m1/s1. The lowest BCUT2D eigenvalue weighted by molar-refractivity contribution is -0.150. The van der Waals surface area contributed by atoms with E-state index in [2.05, 4.69) is 19.2 Å². The Hall–Kier alpha value is -1.58. The zero-order valence-electron chi connectivity index (χ0n) is 26.0. The lowest BCUT2D eigenvalue weighted by Gasteiger charge is -2.48. The van der Waals surface area contributed by atoms with Gasteiger partial charge in [0.15, 0.2) is 0 Å². The van der Waals surface area contributed by atoms with Gasteiger partial charge in [0.1, 0.15) is 0 Å². The minimum absolute atomic E-state index is 0.0864. The van der Waals surface area contributed by atoms with Gasteiger partial charge in [0.2, 0.25) is 11.8 Å². The van der Waals surface area contributed by atoms with Gasteiger partial charge in [0, 0.05) is 44.2 Å². The van der Waals surface area contributed by atoms with Crippen LogP contribution in [0.15, 0.2) is 36.4 Å². The van der Waals surface area contributed by atoms with Gasteiger partial charge in [-0.3, -0.25) is 9.59 Å². The number of carbonyl (C=O) groups is 2. The summed E-state index contributed by atoms with van der Waals surface area (Å²) in [4.78, 5) is 32.0. The second-order valence-corrected chi connectivity index (χ2v) is 14.0. The Kier molecular flexibility index (Phi) is 15.0. The summed E-state index contributed by atoms with van der Waals surface area (Å²) in [7, 11) is 0. The first-order chi connectivity index (χ1) is 20.9. The minimum atomic E-state index is -0.737. The largest absolute Gasteiger partial charge is 0.336 e. The zero-order chi connectivity index (χ0) is 32.4. The Labute approximate surface area is 282 Å². The maximum absolute atomic E-state index is 14.1. The molecule has 0 bridgehead atoms. The first-order valence-electron chi connectivity index (χ1n) is 15.6. The molecule has 0 saturated carbocycles. The van der Waals surface area contributed by atoms with Gasteiger partial charge in [-0.1, -0.05) is 85.7 Å². The van der Waals surface area contributed by atoms with Crippen molar-refractivity contribution in [3.05, 3.63) is 67.6 Å². The molecule has 11 heteroatoms. The van der Waals surface area contributed by atoms with Crippen molar-refractivity contribution in [2.45, 2.75) is 77.4 Å². The van der Waals surface area contributed by atoms with Crippen LogP contribution in [0.5, 0.6) is 0 Å². The Balaban J connectivity index is 1.81. The van der Waals surface area contributed by atoms with E-state index in [4.69, 9.17) is 57.9 Å². The third-order valence-electron chi connectivity index (χ3n) is 8.17. The van der Waals surface area contributed by atoms with Gasteiger partial charge < -0.3 is 26.6 Å². The van der Waals surface area contributed by atoms with E-state index in [1.807, 2.05) is 34.9 Å². The van der Waals surface area contributed by atoms with Crippen LogP contribution in [-0.2, 0) is 22.4 Å². The third kappa shape index (κ3) is 10.8. The smallest absolute Gasteiger partial charge is 0.240 e. The van der Waals surface area contributed by atoms with Crippen LogP contribution in [0.4, 0.5) is 0 Å². The van der Waals surface area contributed by atoms with E-state index in [-0.39, 0.29) is 29.8 Å². The SMILES string of the molecule is CC(C)C[C@@H]1CN(C(=O)[C@H](C)Cc2ccc(Cl)c(Cl)c2)[C@@H](CCCCNCCN)CN1C(=O)[C@H](N)Cc1ccc(Cl)c(Cl)c1. The number of nitrogens with zero attached hydrogens (tertiary/aromatic N) is 2. The minimum Gasteiger partial charge on any atom is -0.336 e. The van der Waals surface area contributed by atoms with Crippen molar-refractivity contribution in [1.29, 1.82) is 0 Å². The monoisotopic (exact) mass is 685 g/mol. The average Bonchev–Trinajstić information content (AvgIpc) is 2.98. The Morgan fingerprint density at radius 3 is 1.95 bits per heavy atom. The molecule has 1 aliphatic rings. The molecular formula is C33H47Cl4N5O2. The van der Waals surface area contributed by atoms with Crippen molar-refractivity contribution in [2.24, 2.45) is 23.3 Å². The summed E-state index contributed by atoms with van der Waals surface area (Å²) in [5, 5.41) is 5.20. The fourth-order valence-electron chi connectivity index (χ4n) is 5.95. The van der Waals surface area contributed by atoms with E-state index < -0.39 is 6.04 Å². The number of nitrogens with two attached hydrogens (primary N) is 2. The highest BCUT2D eigenvalue weighted by Crippen LogP contribution is 2.29.